The van der Waals surface area contributed by atoms with Gasteiger partial charge < -0.3 is 10.6 Å². The van der Waals surface area contributed by atoms with E-state index in [4.69, 9.17) is 0 Å². The van der Waals surface area contributed by atoms with Crippen LogP contribution in [0, 0.1) is 5.82 Å². The molecule has 25 heavy (non-hydrogen) atoms. The van der Waals surface area contributed by atoms with Crippen LogP contribution in [0.1, 0.15) is 35.9 Å². The maximum atomic E-state index is 13.5. The summed E-state index contributed by atoms with van der Waals surface area (Å²) >= 11 is 1.37. The van der Waals surface area contributed by atoms with E-state index in [0.717, 1.165) is 0 Å². The van der Waals surface area contributed by atoms with Gasteiger partial charge in [0.2, 0.25) is 11.8 Å². The molecule has 2 aromatic rings. The normalized spacial score (nSPS) is 11.6. The van der Waals surface area contributed by atoms with Gasteiger partial charge in [-0.25, -0.2) is 4.39 Å². The van der Waals surface area contributed by atoms with Crippen molar-refractivity contribution in [3.05, 3.63) is 52.5 Å². The first-order chi connectivity index (χ1) is 12.0. The summed E-state index contributed by atoms with van der Waals surface area (Å²) in [6, 6.07) is 8.56. The van der Waals surface area contributed by atoms with Gasteiger partial charge in [-0.3, -0.25) is 14.4 Å². The number of para-hydroxylation sites is 1. The van der Waals surface area contributed by atoms with Crippen molar-refractivity contribution in [1.82, 2.24) is 5.32 Å². The summed E-state index contributed by atoms with van der Waals surface area (Å²) in [7, 11) is 0. The van der Waals surface area contributed by atoms with Gasteiger partial charge in [0.25, 0.3) is 0 Å². The Hall–Kier alpha value is -2.54. The van der Waals surface area contributed by atoms with E-state index < -0.39 is 17.8 Å². The zero-order valence-corrected chi connectivity index (χ0v) is 14.6. The Labute approximate surface area is 149 Å². The summed E-state index contributed by atoms with van der Waals surface area (Å²) in [5.74, 6) is -1.36. The SMILES string of the molecule is CC(NC(=O)CCCC(=O)c1cccs1)C(=O)Nc1ccccc1F. The quantitative estimate of drug-likeness (QED) is 0.707. The predicted molar refractivity (Wildman–Crippen MR) is 95.1 cm³/mol. The number of carbonyl (C=O) groups excluding carboxylic acids is 3. The zero-order valence-electron chi connectivity index (χ0n) is 13.8. The molecular weight excluding hydrogens is 343 g/mol. The molecule has 7 heteroatoms. The molecule has 1 atom stereocenters. The van der Waals surface area contributed by atoms with Crippen molar-refractivity contribution in [2.75, 3.05) is 5.32 Å². The minimum Gasteiger partial charge on any atom is -0.345 e. The van der Waals surface area contributed by atoms with Crippen LogP contribution in [0.4, 0.5) is 10.1 Å². The van der Waals surface area contributed by atoms with Crippen LogP contribution in [-0.4, -0.2) is 23.6 Å². The molecule has 0 aliphatic rings. The lowest BCUT2D eigenvalue weighted by atomic mass is 10.1. The van der Waals surface area contributed by atoms with Gasteiger partial charge in [-0.15, -0.1) is 11.3 Å². The van der Waals surface area contributed by atoms with E-state index in [1.165, 1.54) is 36.5 Å². The molecule has 0 fully saturated rings. The molecule has 0 radical (unpaired) electrons. The Bertz CT molecular complexity index is 747. The highest BCUT2D eigenvalue weighted by Gasteiger charge is 2.17. The molecule has 0 aliphatic carbocycles. The number of carbonyl (C=O) groups is 3. The molecule has 2 rings (SSSR count). The van der Waals surface area contributed by atoms with E-state index in [0.29, 0.717) is 11.3 Å². The van der Waals surface area contributed by atoms with E-state index in [9.17, 15) is 18.8 Å². The van der Waals surface area contributed by atoms with Crippen LogP contribution in [0.2, 0.25) is 0 Å². The number of halogens is 1. The second kappa shape index (κ2) is 9.08. The van der Waals surface area contributed by atoms with Crippen LogP contribution in [0.3, 0.4) is 0 Å². The molecule has 132 valence electrons. The first-order valence-electron chi connectivity index (χ1n) is 7.89. The van der Waals surface area contributed by atoms with Gasteiger partial charge in [-0.1, -0.05) is 18.2 Å². The number of nitrogens with one attached hydrogen (secondary N) is 2. The minimum absolute atomic E-state index is 0.00754. The number of Topliss-reactive ketones (excluding diaryl/α,β-unsaturated/α-hetero) is 1. The fraction of sp³-hybridized carbons (Fsp3) is 0.278. The van der Waals surface area contributed by atoms with E-state index in [-0.39, 0.29) is 30.2 Å². The van der Waals surface area contributed by atoms with Gasteiger partial charge in [0.1, 0.15) is 11.9 Å². The average molecular weight is 362 g/mol. The minimum atomic E-state index is -0.805. The van der Waals surface area contributed by atoms with E-state index in [2.05, 4.69) is 10.6 Å². The van der Waals surface area contributed by atoms with Gasteiger partial charge in [-0.05, 0) is 36.9 Å². The Morgan fingerprint density at radius 2 is 1.88 bits per heavy atom. The molecule has 2 N–H and O–H groups in total. The standard InChI is InChI=1S/C18H19FN2O3S/c1-12(18(24)21-14-7-3-2-6-13(14)19)20-17(23)10-4-8-15(22)16-9-5-11-25-16/h2-3,5-7,9,11-12H,4,8,10H2,1H3,(H,20,23)(H,21,24). The van der Waals surface area contributed by atoms with Crippen LogP contribution in [0.15, 0.2) is 41.8 Å². The monoisotopic (exact) mass is 362 g/mol. The van der Waals surface area contributed by atoms with Crippen LogP contribution in [0.5, 0.6) is 0 Å². The topological polar surface area (TPSA) is 75.3 Å². The molecule has 1 aromatic carbocycles. The number of hydrogen-bond donors (Lipinski definition) is 2. The van der Waals surface area contributed by atoms with Crippen molar-refractivity contribution in [3.63, 3.8) is 0 Å². The van der Waals surface area contributed by atoms with Crippen LogP contribution in [-0.2, 0) is 9.59 Å². The second-order valence-corrected chi connectivity index (χ2v) is 6.46. The van der Waals surface area contributed by atoms with Gasteiger partial charge in [-0.2, -0.15) is 0 Å². The largest absolute Gasteiger partial charge is 0.345 e. The van der Waals surface area contributed by atoms with Crippen LogP contribution in [0.25, 0.3) is 0 Å². The third kappa shape index (κ3) is 5.79. The van der Waals surface area contributed by atoms with Crippen molar-refractivity contribution in [2.45, 2.75) is 32.2 Å². The number of anilines is 1. The number of benzene rings is 1. The third-order valence-corrected chi connectivity index (χ3v) is 4.42. The Morgan fingerprint density at radius 1 is 1.12 bits per heavy atom. The Kier molecular flexibility index (Phi) is 6.82. The molecule has 0 aliphatic heterocycles. The Morgan fingerprint density at radius 3 is 2.56 bits per heavy atom. The van der Waals surface area contributed by atoms with E-state index in [1.807, 2.05) is 5.38 Å². The van der Waals surface area contributed by atoms with Crippen molar-refractivity contribution < 1.29 is 18.8 Å². The van der Waals surface area contributed by atoms with E-state index >= 15 is 0 Å². The van der Waals surface area contributed by atoms with Crippen molar-refractivity contribution in [2.24, 2.45) is 0 Å². The predicted octanol–water partition coefficient (Wildman–Crippen LogP) is 3.38. The molecule has 5 nitrogen and oxygen atoms in total. The lowest BCUT2D eigenvalue weighted by Crippen LogP contribution is -2.41. The Balaban J connectivity index is 1.73. The summed E-state index contributed by atoms with van der Waals surface area (Å²) in [5, 5.41) is 6.80. The van der Waals surface area contributed by atoms with Gasteiger partial charge >= 0.3 is 0 Å². The maximum Gasteiger partial charge on any atom is 0.246 e. The number of ketones is 1. The lowest BCUT2D eigenvalue weighted by Gasteiger charge is -2.14. The first kappa shape index (κ1) is 18.8. The second-order valence-electron chi connectivity index (χ2n) is 5.51. The molecule has 2 amide bonds. The molecule has 1 aromatic heterocycles. The number of rotatable bonds is 8. The number of hydrogen-bond acceptors (Lipinski definition) is 4. The van der Waals surface area contributed by atoms with Crippen molar-refractivity contribution >= 4 is 34.6 Å². The van der Waals surface area contributed by atoms with Crippen LogP contribution >= 0.6 is 11.3 Å². The molecule has 0 spiro atoms. The van der Waals surface area contributed by atoms with Crippen LogP contribution < -0.4 is 10.6 Å². The van der Waals surface area contributed by atoms with Crippen molar-refractivity contribution in [1.29, 1.82) is 0 Å². The number of amides is 2. The number of thiophene rings is 1. The smallest absolute Gasteiger partial charge is 0.246 e. The average Bonchev–Trinajstić information content (AvgIpc) is 3.11. The molecule has 0 saturated heterocycles. The molecule has 1 heterocycles. The summed E-state index contributed by atoms with van der Waals surface area (Å²) in [4.78, 5) is 36.4. The molecule has 1 unspecified atom stereocenters. The highest BCUT2D eigenvalue weighted by atomic mass is 32.1. The van der Waals surface area contributed by atoms with Gasteiger partial charge in [0, 0.05) is 12.8 Å². The summed E-state index contributed by atoms with van der Waals surface area (Å²) in [5.41, 5.74) is 0.0649. The first-order valence-corrected chi connectivity index (χ1v) is 8.77. The molecular formula is C18H19FN2O3S. The summed E-state index contributed by atoms with van der Waals surface area (Å²) in [6.07, 6.45) is 0.836. The van der Waals surface area contributed by atoms with Gasteiger partial charge in [0.05, 0.1) is 10.6 Å². The molecule has 0 saturated carbocycles. The van der Waals surface area contributed by atoms with E-state index in [1.54, 1.807) is 18.2 Å². The molecule has 0 bridgehead atoms. The van der Waals surface area contributed by atoms with Crippen molar-refractivity contribution in [3.8, 4) is 0 Å². The fourth-order valence-electron chi connectivity index (χ4n) is 2.15. The van der Waals surface area contributed by atoms with Gasteiger partial charge in [0.15, 0.2) is 5.78 Å². The summed E-state index contributed by atoms with van der Waals surface area (Å²) < 4.78 is 13.5. The fourth-order valence-corrected chi connectivity index (χ4v) is 2.85. The lowest BCUT2D eigenvalue weighted by molar-refractivity contribution is -0.126. The third-order valence-electron chi connectivity index (χ3n) is 3.51. The zero-order chi connectivity index (χ0) is 18.2. The summed E-state index contributed by atoms with van der Waals surface area (Å²) in [6.45, 7) is 1.52. The highest BCUT2D eigenvalue weighted by molar-refractivity contribution is 7.12. The highest BCUT2D eigenvalue weighted by Crippen LogP contribution is 2.14. The maximum absolute atomic E-state index is 13.5.